The molecule has 4 heteroatoms. The molecule has 3 nitrogen and oxygen atoms in total. The third-order valence-corrected chi connectivity index (χ3v) is 1.48. The lowest BCUT2D eigenvalue weighted by Crippen LogP contribution is -2.14. The number of rotatable bonds is 1. The van der Waals surface area contributed by atoms with Crippen LogP contribution in [0.3, 0.4) is 0 Å². The maximum atomic E-state index is 10.7. The topological polar surface area (TPSA) is 34.9 Å². The molecule has 0 aliphatic heterocycles. The number of aromatic nitrogens is 2. The summed E-state index contributed by atoms with van der Waals surface area (Å²) in [5.74, 6) is 0. The van der Waals surface area contributed by atoms with Crippen LogP contribution in [0.4, 0.5) is 0 Å². The minimum absolute atomic E-state index is 0.0787. The van der Waals surface area contributed by atoms with Crippen molar-refractivity contribution in [2.75, 3.05) is 6.26 Å². The smallest absolute Gasteiger partial charge is 0.267 e. The van der Waals surface area contributed by atoms with Gasteiger partial charge in [-0.15, -0.1) is 0 Å². The van der Waals surface area contributed by atoms with Gasteiger partial charge in [-0.1, -0.05) is 0 Å². The van der Waals surface area contributed by atoms with Crippen molar-refractivity contribution in [2.24, 2.45) is 0 Å². The summed E-state index contributed by atoms with van der Waals surface area (Å²) in [5.41, 5.74) is -0.0787. The zero-order chi connectivity index (χ0) is 6.69. The fourth-order valence-corrected chi connectivity index (χ4v) is 0.872. The molecule has 0 aliphatic carbocycles. The van der Waals surface area contributed by atoms with E-state index in [1.165, 1.54) is 22.1 Å². The van der Waals surface area contributed by atoms with Crippen LogP contribution in [0.15, 0.2) is 23.1 Å². The first-order chi connectivity index (χ1) is 4.34. The molecule has 0 spiro atoms. The van der Waals surface area contributed by atoms with Crippen molar-refractivity contribution in [2.45, 2.75) is 0 Å². The van der Waals surface area contributed by atoms with E-state index in [0.29, 0.717) is 0 Å². The first-order valence-corrected chi connectivity index (χ1v) is 3.61. The van der Waals surface area contributed by atoms with Crippen LogP contribution in [0.25, 0.3) is 0 Å². The number of nitrogens with zero attached hydrogens (tertiary/aromatic N) is 2. The van der Waals surface area contributed by atoms with Crippen LogP contribution in [-0.2, 0) is 0 Å². The summed E-state index contributed by atoms with van der Waals surface area (Å²) >= 11 is 1.29. The second-order valence-electron chi connectivity index (χ2n) is 1.42. The van der Waals surface area contributed by atoms with Crippen molar-refractivity contribution in [3.05, 3.63) is 28.7 Å². The molecule has 48 valence electrons. The molecule has 0 bridgehead atoms. The highest BCUT2D eigenvalue weighted by Gasteiger charge is 1.87. The molecule has 0 fully saturated rings. The van der Waals surface area contributed by atoms with E-state index in [2.05, 4.69) is 5.10 Å². The molecule has 0 unspecified atom stereocenters. The summed E-state index contributed by atoms with van der Waals surface area (Å²) in [6, 6.07) is 3.10. The first-order valence-electron chi connectivity index (χ1n) is 2.43. The Bertz CT molecular complexity index is 245. The van der Waals surface area contributed by atoms with E-state index in [4.69, 9.17) is 0 Å². The quantitative estimate of drug-likeness (QED) is 0.568. The normalized spacial score (nSPS) is 9.44. The van der Waals surface area contributed by atoms with Crippen molar-refractivity contribution in [3.63, 3.8) is 0 Å². The van der Waals surface area contributed by atoms with Crippen LogP contribution < -0.4 is 5.56 Å². The third-order valence-electron chi connectivity index (χ3n) is 0.858. The fourth-order valence-electron chi connectivity index (χ4n) is 0.482. The van der Waals surface area contributed by atoms with E-state index in [0.717, 1.165) is 0 Å². The van der Waals surface area contributed by atoms with Crippen molar-refractivity contribution < 1.29 is 0 Å². The van der Waals surface area contributed by atoms with Crippen LogP contribution in [0, 0.1) is 0 Å². The largest absolute Gasteiger partial charge is 0.277 e. The van der Waals surface area contributed by atoms with Gasteiger partial charge >= 0.3 is 0 Å². The molecule has 0 saturated heterocycles. The lowest BCUT2D eigenvalue weighted by Gasteiger charge is -1.92. The van der Waals surface area contributed by atoms with Crippen LogP contribution in [0.1, 0.15) is 0 Å². The molecule has 0 aliphatic rings. The van der Waals surface area contributed by atoms with Crippen LogP contribution in [0.2, 0.25) is 0 Å². The summed E-state index contributed by atoms with van der Waals surface area (Å²) in [4.78, 5) is 10.7. The molecule has 1 aromatic rings. The first kappa shape index (κ1) is 6.35. The van der Waals surface area contributed by atoms with Gasteiger partial charge < -0.3 is 0 Å². The average Bonchev–Trinajstić information content (AvgIpc) is 1.89. The Hall–Kier alpha value is -0.770. The average molecular weight is 142 g/mol. The van der Waals surface area contributed by atoms with Gasteiger partial charge in [0.15, 0.2) is 0 Å². The third kappa shape index (κ3) is 1.32. The van der Waals surface area contributed by atoms with Crippen LogP contribution in [-0.4, -0.2) is 15.4 Å². The summed E-state index contributed by atoms with van der Waals surface area (Å²) < 4.78 is 1.32. The standard InChI is InChI=1S/C5H6N2OS/c1-9-7-5(8)3-2-4-6-7/h2-4H,1H3. The minimum atomic E-state index is -0.0787. The summed E-state index contributed by atoms with van der Waals surface area (Å²) in [5, 5.41) is 3.76. The van der Waals surface area contributed by atoms with Crippen molar-refractivity contribution in [3.8, 4) is 0 Å². The molecule has 1 aromatic heterocycles. The van der Waals surface area contributed by atoms with Gasteiger partial charge in [-0.3, -0.25) is 4.79 Å². The van der Waals surface area contributed by atoms with Gasteiger partial charge in [0.05, 0.1) is 0 Å². The highest BCUT2D eigenvalue weighted by molar-refractivity contribution is 7.97. The Morgan fingerprint density at radius 2 is 2.56 bits per heavy atom. The molecule has 0 saturated carbocycles. The lowest BCUT2D eigenvalue weighted by molar-refractivity contribution is 0.920. The Morgan fingerprint density at radius 3 is 3.00 bits per heavy atom. The molecule has 0 amide bonds. The number of hydrogen-bond acceptors (Lipinski definition) is 3. The predicted octanol–water partition coefficient (Wildman–Crippen LogP) is 0.369. The SMILES string of the molecule is CSn1ncccc1=O. The van der Waals surface area contributed by atoms with E-state index in [-0.39, 0.29) is 5.56 Å². The molecule has 1 heterocycles. The van der Waals surface area contributed by atoms with Crippen LogP contribution >= 0.6 is 11.9 Å². The Balaban J connectivity index is 3.16. The van der Waals surface area contributed by atoms with Gasteiger partial charge in [0.25, 0.3) is 5.56 Å². The Morgan fingerprint density at radius 1 is 1.78 bits per heavy atom. The lowest BCUT2D eigenvalue weighted by atomic mass is 10.6. The molecular formula is C5H6N2OS. The van der Waals surface area contributed by atoms with Crippen LogP contribution in [0.5, 0.6) is 0 Å². The van der Waals surface area contributed by atoms with E-state index in [1.54, 1.807) is 18.5 Å². The van der Waals surface area contributed by atoms with Gasteiger partial charge in [0.2, 0.25) is 0 Å². The molecular weight excluding hydrogens is 136 g/mol. The Labute approximate surface area is 56.8 Å². The number of hydrogen-bond donors (Lipinski definition) is 0. The second-order valence-corrected chi connectivity index (χ2v) is 2.13. The molecule has 0 radical (unpaired) electrons. The van der Waals surface area contributed by atoms with Gasteiger partial charge in [-0.25, -0.2) is 0 Å². The highest BCUT2D eigenvalue weighted by Crippen LogP contribution is 1.88. The van der Waals surface area contributed by atoms with Gasteiger partial charge in [0, 0.05) is 18.5 Å². The summed E-state index contributed by atoms with van der Waals surface area (Å²) in [6.07, 6.45) is 3.38. The molecule has 1 rings (SSSR count). The Kier molecular flexibility index (Phi) is 1.89. The molecule has 9 heavy (non-hydrogen) atoms. The van der Waals surface area contributed by atoms with E-state index in [1.807, 2.05) is 0 Å². The highest BCUT2D eigenvalue weighted by atomic mass is 32.2. The van der Waals surface area contributed by atoms with E-state index in [9.17, 15) is 4.79 Å². The monoisotopic (exact) mass is 142 g/mol. The van der Waals surface area contributed by atoms with Crippen molar-refractivity contribution in [1.82, 2.24) is 9.19 Å². The van der Waals surface area contributed by atoms with Crippen molar-refractivity contribution in [1.29, 1.82) is 0 Å². The maximum absolute atomic E-state index is 10.7. The zero-order valence-electron chi connectivity index (χ0n) is 4.94. The summed E-state index contributed by atoms with van der Waals surface area (Å²) in [6.45, 7) is 0. The predicted molar refractivity (Wildman–Crippen MR) is 37.4 cm³/mol. The minimum Gasteiger partial charge on any atom is -0.267 e. The van der Waals surface area contributed by atoms with Gasteiger partial charge in [-0.2, -0.15) is 9.19 Å². The van der Waals surface area contributed by atoms with E-state index >= 15 is 0 Å². The van der Waals surface area contributed by atoms with Gasteiger partial charge in [0.1, 0.15) is 0 Å². The molecule has 0 aromatic carbocycles. The van der Waals surface area contributed by atoms with Gasteiger partial charge in [-0.05, 0) is 18.0 Å². The molecule has 0 atom stereocenters. The maximum Gasteiger partial charge on any atom is 0.277 e. The fraction of sp³-hybridized carbons (Fsp3) is 0.200. The van der Waals surface area contributed by atoms with Crippen molar-refractivity contribution >= 4 is 11.9 Å². The van der Waals surface area contributed by atoms with E-state index < -0.39 is 0 Å². The molecule has 0 N–H and O–H groups in total. The summed E-state index contributed by atoms with van der Waals surface area (Å²) in [7, 11) is 0. The zero-order valence-corrected chi connectivity index (χ0v) is 5.76. The second kappa shape index (κ2) is 2.68.